The van der Waals surface area contributed by atoms with Crippen LogP contribution in [0.1, 0.15) is 32.7 Å². The minimum Gasteiger partial charge on any atom is -0.356 e. The Morgan fingerprint density at radius 3 is 3.00 bits per heavy atom. The largest absolute Gasteiger partial charge is 0.356 e. The van der Waals surface area contributed by atoms with E-state index in [1.807, 2.05) is 6.20 Å². The van der Waals surface area contributed by atoms with Gasteiger partial charge in [-0.05, 0) is 13.3 Å². The van der Waals surface area contributed by atoms with Crippen molar-refractivity contribution in [1.82, 2.24) is 9.55 Å². The zero-order valence-electron chi connectivity index (χ0n) is 10.3. The quantitative estimate of drug-likeness (QED) is 0.745. The normalized spacial score (nSPS) is 14.7. The van der Waals surface area contributed by atoms with E-state index in [4.69, 9.17) is 0 Å². The summed E-state index contributed by atoms with van der Waals surface area (Å²) in [5.41, 5.74) is 0. The molecule has 1 heterocycles. The summed E-state index contributed by atoms with van der Waals surface area (Å²) >= 11 is 0. The number of aromatic nitrogens is 2. The van der Waals surface area contributed by atoms with Crippen molar-refractivity contribution >= 4 is 16.7 Å². The highest BCUT2D eigenvalue weighted by Crippen LogP contribution is 2.14. The van der Waals surface area contributed by atoms with Crippen LogP contribution in [0.4, 0.5) is 5.95 Å². The summed E-state index contributed by atoms with van der Waals surface area (Å²) in [5.74, 6) is 1.55. The molecule has 5 heteroatoms. The molecule has 1 aromatic rings. The zero-order valence-corrected chi connectivity index (χ0v) is 11.1. The van der Waals surface area contributed by atoms with E-state index in [1.54, 1.807) is 12.5 Å². The van der Waals surface area contributed by atoms with Crippen LogP contribution in [0, 0.1) is 0 Å². The molecule has 0 aromatic carbocycles. The summed E-state index contributed by atoms with van der Waals surface area (Å²) in [6, 6.07) is 0.220. The molecule has 0 aliphatic rings. The molecule has 2 atom stereocenters. The van der Waals surface area contributed by atoms with E-state index in [-0.39, 0.29) is 6.04 Å². The van der Waals surface area contributed by atoms with Gasteiger partial charge in [0.15, 0.2) is 0 Å². The number of hydrogen-bond acceptors (Lipinski definition) is 3. The van der Waals surface area contributed by atoms with Crippen molar-refractivity contribution in [2.75, 3.05) is 23.9 Å². The molecule has 0 bridgehead atoms. The molecular weight excluding hydrogens is 222 g/mol. The van der Waals surface area contributed by atoms with E-state index in [9.17, 15) is 4.21 Å². The summed E-state index contributed by atoms with van der Waals surface area (Å²) in [6.07, 6.45) is 7.76. The Bertz CT molecular complexity index is 338. The van der Waals surface area contributed by atoms with Crippen LogP contribution in [0.2, 0.25) is 0 Å². The fraction of sp³-hybridized carbons (Fsp3) is 0.727. The number of hydrogen-bond donors (Lipinski definition) is 1. The number of nitrogens with one attached hydrogen (secondary N) is 1. The van der Waals surface area contributed by atoms with Crippen molar-refractivity contribution < 1.29 is 4.21 Å². The van der Waals surface area contributed by atoms with Gasteiger partial charge in [0.2, 0.25) is 5.95 Å². The first-order valence-corrected chi connectivity index (χ1v) is 7.44. The lowest BCUT2D eigenvalue weighted by molar-refractivity contribution is 0.600. The van der Waals surface area contributed by atoms with Crippen LogP contribution in [0.25, 0.3) is 0 Å². The Morgan fingerprint density at radius 1 is 1.62 bits per heavy atom. The summed E-state index contributed by atoms with van der Waals surface area (Å²) in [5, 5.41) is 3.30. The van der Waals surface area contributed by atoms with Gasteiger partial charge in [-0.15, -0.1) is 0 Å². The van der Waals surface area contributed by atoms with Crippen molar-refractivity contribution in [3.63, 3.8) is 0 Å². The summed E-state index contributed by atoms with van der Waals surface area (Å²) in [4.78, 5) is 4.27. The zero-order chi connectivity index (χ0) is 12.0. The lowest BCUT2D eigenvalue weighted by Gasteiger charge is -2.15. The standard InChI is InChI=1S/C11H21N3OS/c1-4-5-6-12-11-13-7-8-14(11)10(2)9-16(3)15/h7-8,10H,4-6,9H2,1-3H3,(H,12,13). The Labute approximate surface area is 99.9 Å². The number of anilines is 1. The van der Waals surface area contributed by atoms with E-state index in [1.165, 1.54) is 6.42 Å². The second kappa shape index (κ2) is 6.68. The highest BCUT2D eigenvalue weighted by molar-refractivity contribution is 7.84. The number of unbranched alkanes of at least 4 members (excludes halogenated alkanes) is 1. The van der Waals surface area contributed by atoms with Crippen LogP contribution in [0.3, 0.4) is 0 Å². The van der Waals surface area contributed by atoms with Crippen LogP contribution in [0.15, 0.2) is 12.4 Å². The molecule has 0 amide bonds. The summed E-state index contributed by atoms with van der Waals surface area (Å²) in [6.45, 7) is 5.17. The molecule has 0 spiro atoms. The van der Waals surface area contributed by atoms with Crippen molar-refractivity contribution in [3.8, 4) is 0 Å². The lowest BCUT2D eigenvalue weighted by Crippen LogP contribution is -2.16. The highest BCUT2D eigenvalue weighted by atomic mass is 32.2. The third-order valence-corrected chi connectivity index (χ3v) is 3.38. The topological polar surface area (TPSA) is 46.9 Å². The Balaban J connectivity index is 2.58. The SMILES string of the molecule is CCCCNc1nccn1C(C)CS(C)=O. The fourth-order valence-corrected chi connectivity index (χ4v) is 2.44. The van der Waals surface area contributed by atoms with E-state index >= 15 is 0 Å². The maximum atomic E-state index is 11.2. The van der Waals surface area contributed by atoms with E-state index < -0.39 is 10.8 Å². The fourth-order valence-electron chi connectivity index (χ4n) is 1.60. The van der Waals surface area contributed by atoms with Crippen LogP contribution in [0.5, 0.6) is 0 Å². The molecule has 1 N–H and O–H groups in total. The van der Waals surface area contributed by atoms with Crippen molar-refractivity contribution in [1.29, 1.82) is 0 Å². The summed E-state index contributed by atoms with van der Waals surface area (Å²) < 4.78 is 13.2. The highest BCUT2D eigenvalue weighted by Gasteiger charge is 2.10. The second-order valence-corrected chi connectivity index (χ2v) is 5.51. The van der Waals surface area contributed by atoms with Crippen LogP contribution < -0.4 is 5.32 Å². The molecule has 0 radical (unpaired) electrons. The first-order valence-electron chi connectivity index (χ1n) is 5.71. The first-order chi connectivity index (χ1) is 7.65. The average molecular weight is 243 g/mol. The third-order valence-electron chi connectivity index (χ3n) is 2.43. The molecule has 0 saturated heterocycles. The minimum absolute atomic E-state index is 0.220. The van der Waals surface area contributed by atoms with Gasteiger partial charge < -0.3 is 9.88 Å². The lowest BCUT2D eigenvalue weighted by atomic mass is 10.3. The van der Waals surface area contributed by atoms with Crippen LogP contribution in [-0.4, -0.2) is 32.3 Å². The first kappa shape index (κ1) is 13.2. The van der Waals surface area contributed by atoms with Gasteiger partial charge in [0.1, 0.15) is 0 Å². The Morgan fingerprint density at radius 2 is 2.38 bits per heavy atom. The number of imidazole rings is 1. The molecule has 0 aliphatic heterocycles. The van der Waals surface area contributed by atoms with Gasteiger partial charge in [0.05, 0.1) is 0 Å². The van der Waals surface area contributed by atoms with Crippen molar-refractivity contribution in [2.24, 2.45) is 0 Å². The van der Waals surface area contributed by atoms with Gasteiger partial charge in [0.25, 0.3) is 0 Å². The molecule has 16 heavy (non-hydrogen) atoms. The van der Waals surface area contributed by atoms with Gasteiger partial charge in [0, 0.05) is 47.8 Å². The molecule has 2 unspecified atom stereocenters. The predicted octanol–water partition coefficient (Wildman–Crippen LogP) is 2.03. The van der Waals surface area contributed by atoms with Crippen molar-refractivity contribution in [2.45, 2.75) is 32.7 Å². The molecule has 0 aliphatic carbocycles. The van der Waals surface area contributed by atoms with Crippen LogP contribution in [-0.2, 0) is 10.8 Å². The van der Waals surface area contributed by atoms with E-state index in [2.05, 4.69) is 28.7 Å². The molecule has 1 aromatic heterocycles. The average Bonchev–Trinajstić information content (AvgIpc) is 2.65. The maximum Gasteiger partial charge on any atom is 0.203 e. The molecule has 92 valence electrons. The minimum atomic E-state index is -0.772. The van der Waals surface area contributed by atoms with Gasteiger partial charge in [-0.2, -0.15) is 0 Å². The van der Waals surface area contributed by atoms with E-state index in [0.717, 1.165) is 18.9 Å². The molecular formula is C11H21N3OS. The van der Waals surface area contributed by atoms with Gasteiger partial charge in [-0.1, -0.05) is 13.3 Å². The van der Waals surface area contributed by atoms with Gasteiger partial charge >= 0.3 is 0 Å². The number of rotatable bonds is 7. The second-order valence-electron chi connectivity index (χ2n) is 4.03. The molecule has 1 rings (SSSR count). The van der Waals surface area contributed by atoms with Crippen molar-refractivity contribution in [3.05, 3.63) is 12.4 Å². The van der Waals surface area contributed by atoms with Crippen LogP contribution >= 0.6 is 0 Å². The van der Waals surface area contributed by atoms with Gasteiger partial charge in [-0.25, -0.2) is 4.98 Å². The summed E-state index contributed by atoms with van der Waals surface area (Å²) in [7, 11) is -0.772. The van der Waals surface area contributed by atoms with E-state index in [0.29, 0.717) is 5.75 Å². The molecule has 0 saturated carbocycles. The monoisotopic (exact) mass is 243 g/mol. The smallest absolute Gasteiger partial charge is 0.203 e. The predicted molar refractivity (Wildman–Crippen MR) is 69.3 cm³/mol. The Hall–Kier alpha value is -0.840. The van der Waals surface area contributed by atoms with Gasteiger partial charge in [-0.3, -0.25) is 4.21 Å². The Kier molecular flexibility index (Phi) is 5.52. The molecule has 4 nitrogen and oxygen atoms in total. The molecule has 0 fully saturated rings. The maximum absolute atomic E-state index is 11.2. The third kappa shape index (κ3) is 3.96. The number of nitrogens with zero attached hydrogens (tertiary/aromatic N) is 2.